The number of nitrogens with zero attached hydrogens (tertiary/aromatic N) is 2. The molecule has 1 aromatic heterocycles. The van der Waals surface area contributed by atoms with Gasteiger partial charge in [0.25, 0.3) is 5.91 Å². The maximum absolute atomic E-state index is 12.5. The summed E-state index contributed by atoms with van der Waals surface area (Å²) in [7, 11) is 1.77. The van der Waals surface area contributed by atoms with Gasteiger partial charge in [-0.2, -0.15) is 0 Å². The average molecular weight is 434 g/mol. The van der Waals surface area contributed by atoms with Crippen LogP contribution in [0.2, 0.25) is 5.02 Å². The van der Waals surface area contributed by atoms with Crippen molar-refractivity contribution in [3.63, 3.8) is 0 Å². The van der Waals surface area contributed by atoms with Gasteiger partial charge in [-0.1, -0.05) is 63.0 Å². The van der Waals surface area contributed by atoms with Gasteiger partial charge in [0.05, 0.1) is 10.6 Å². The molecular weight excluding hydrogens is 416 g/mol. The molecule has 2 aromatic carbocycles. The van der Waals surface area contributed by atoms with Crippen molar-refractivity contribution in [3.8, 4) is 11.3 Å². The molecule has 26 heavy (non-hydrogen) atoms. The number of hydrogen-bond acceptors (Lipinski definition) is 3. The second kappa shape index (κ2) is 8.52. The lowest BCUT2D eigenvalue weighted by molar-refractivity contribution is 0.0793. The predicted molar refractivity (Wildman–Crippen MR) is 106 cm³/mol. The number of hydrogen-bond donors (Lipinski definition) is 0. The number of rotatable bonds is 6. The molecule has 0 unspecified atom stereocenters. The molecular formula is C20H18BrClN2O2. The Morgan fingerprint density at radius 3 is 2.69 bits per heavy atom. The number of benzene rings is 2. The Bertz CT molecular complexity index is 896. The molecule has 3 rings (SSSR count). The summed E-state index contributed by atoms with van der Waals surface area (Å²) in [5, 5.41) is 4.55. The highest BCUT2D eigenvalue weighted by molar-refractivity contribution is 9.10. The summed E-state index contributed by atoms with van der Waals surface area (Å²) >= 11 is 9.50. The molecule has 0 fully saturated rings. The third-order valence-electron chi connectivity index (χ3n) is 4.05. The lowest BCUT2D eigenvalue weighted by atomic mass is 10.1. The Kier molecular flexibility index (Phi) is 6.12. The van der Waals surface area contributed by atoms with Crippen molar-refractivity contribution in [1.29, 1.82) is 0 Å². The Morgan fingerprint density at radius 1 is 1.19 bits per heavy atom. The zero-order chi connectivity index (χ0) is 18.5. The molecule has 134 valence electrons. The van der Waals surface area contributed by atoms with Crippen molar-refractivity contribution in [2.75, 3.05) is 13.6 Å². The van der Waals surface area contributed by atoms with Gasteiger partial charge in [-0.3, -0.25) is 4.79 Å². The van der Waals surface area contributed by atoms with Crippen LogP contribution in [0.1, 0.15) is 22.5 Å². The minimum absolute atomic E-state index is 0.0926. The highest BCUT2D eigenvalue weighted by Crippen LogP contribution is 2.23. The average Bonchev–Trinajstić information content (AvgIpc) is 3.11. The summed E-state index contributed by atoms with van der Waals surface area (Å²) in [6.07, 6.45) is 1.49. The Hall–Kier alpha value is -2.11. The normalized spacial score (nSPS) is 10.7. The van der Waals surface area contributed by atoms with Crippen molar-refractivity contribution in [1.82, 2.24) is 10.1 Å². The minimum Gasteiger partial charge on any atom is -0.361 e. The molecule has 0 saturated heterocycles. The van der Waals surface area contributed by atoms with Crippen LogP contribution in [-0.2, 0) is 6.42 Å². The van der Waals surface area contributed by atoms with E-state index >= 15 is 0 Å². The Morgan fingerprint density at radius 2 is 1.96 bits per heavy atom. The van der Waals surface area contributed by atoms with E-state index in [0.29, 0.717) is 23.6 Å². The fourth-order valence-electron chi connectivity index (χ4n) is 2.64. The van der Waals surface area contributed by atoms with E-state index in [0.717, 1.165) is 27.9 Å². The quantitative estimate of drug-likeness (QED) is 0.518. The van der Waals surface area contributed by atoms with E-state index in [1.54, 1.807) is 24.1 Å². The zero-order valence-corrected chi connectivity index (χ0v) is 16.6. The van der Waals surface area contributed by atoms with Crippen molar-refractivity contribution in [3.05, 3.63) is 75.4 Å². The van der Waals surface area contributed by atoms with Crippen LogP contribution in [-0.4, -0.2) is 29.6 Å². The second-order valence-corrected chi connectivity index (χ2v) is 7.32. The predicted octanol–water partition coefficient (Wildman–Crippen LogP) is 5.46. The first-order valence-corrected chi connectivity index (χ1v) is 9.43. The van der Waals surface area contributed by atoms with E-state index in [4.69, 9.17) is 16.1 Å². The fraction of sp³-hybridized carbons (Fsp3) is 0.200. The first-order valence-electron chi connectivity index (χ1n) is 8.26. The summed E-state index contributed by atoms with van der Waals surface area (Å²) in [4.78, 5) is 14.2. The molecule has 6 heteroatoms. The monoisotopic (exact) mass is 432 g/mol. The molecule has 0 saturated carbocycles. The standard InChI is InChI=1S/C20H18BrClN2O2/c1-24(20(25)17-10-9-15(21)12-18(17)22)11-5-8-16-13-19(23-26-16)14-6-3-2-4-7-14/h2-4,6-7,9-10,12-13H,5,8,11H2,1H3. The van der Waals surface area contributed by atoms with Crippen molar-refractivity contribution < 1.29 is 9.32 Å². The number of aryl methyl sites for hydroxylation is 1. The van der Waals surface area contributed by atoms with Gasteiger partial charge in [-0.25, -0.2) is 0 Å². The Labute approximate surface area is 165 Å². The van der Waals surface area contributed by atoms with Crippen LogP contribution in [0.3, 0.4) is 0 Å². The number of aromatic nitrogens is 1. The highest BCUT2D eigenvalue weighted by atomic mass is 79.9. The van der Waals surface area contributed by atoms with Crippen LogP contribution < -0.4 is 0 Å². The lowest BCUT2D eigenvalue weighted by Gasteiger charge is -2.17. The molecule has 0 bridgehead atoms. The number of carbonyl (C=O) groups excluding carboxylic acids is 1. The second-order valence-electron chi connectivity index (χ2n) is 6.00. The number of carbonyl (C=O) groups is 1. The maximum atomic E-state index is 12.5. The molecule has 3 aromatic rings. The fourth-order valence-corrected chi connectivity index (χ4v) is 3.39. The first kappa shape index (κ1) is 18.7. The molecule has 0 aliphatic rings. The van der Waals surface area contributed by atoms with Crippen LogP contribution >= 0.6 is 27.5 Å². The largest absolute Gasteiger partial charge is 0.361 e. The lowest BCUT2D eigenvalue weighted by Crippen LogP contribution is -2.28. The smallest absolute Gasteiger partial charge is 0.255 e. The molecule has 0 radical (unpaired) electrons. The van der Waals surface area contributed by atoms with Gasteiger partial charge in [-0.05, 0) is 24.6 Å². The molecule has 1 amide bonds. The van der Waals surface area contributed by atoms with Crippen molar-refractivity contribution in [2.45, 2.75) is 12.8 Å². The van der Waals surface area contributed by atoms with Gasteiger partial charge in [0, 0.05) is 36.1 Å². The first-order chi connectivity index (χ1) is 12.5. The van der Waals surface area contributed by atoms with E-state index in [1.165, 1.54) is 0 Å². The molecule has 0 aliphatic carbocycles. The van der Waals surface area contributed by atoms with Gasteiger partial charge >= 0.3 is 0 Å². The summed E-state index contributed by atoms with van der Waals surface area (Å²) in [6.45, 7) is 0.604. The summed E-state index contributed by atoms with van der Waals surface area (Å²) in [6, 6.07) is 17.1. The topological polar surface area (TPSA) is 46.3 Å². The summed E-state index contributed by atoms with van der Waals surface area (Å²) in [5.74, 6) is 0.719. The third-order valence-corrected chi connectivity index (χ3v) is 4.86. The number of amides is 1. The summed E-state index contributed by atoms with van der Waals surface area (Å²) < 4.78 is 6.25. The van der Waals surface area contributed by atoms with Gasteiger partial charge in [-0.15, -0.1) is 0 Å². The SMILES string of the molecule is CN(CCCc1cc(-c2ccccc2)no1)C(=O)c1ccc(Br)cc1Cl. The molecule has 0 aliphatic heterocycles. The molecule has 4 nitrogen and oxygen atoms in total. The number of halogens is 2. The summed E-state index contributed by atoms with van der Waals surface area (Å²) in [5.41, 5.74) is 2.36. The van der Waals surface area contributed by atoms with Crippen LogP contribution in [0.15, 0.2) is 63.6 Å². The van der Waals surface area contributed by atoms with E-state index < -0.39 is 0 Å². The van der Waals surface area contributed by atoms with Crippen LogP contribution in [0.5, 0.6) is 0 Å². The van der Waals surface area contributed by atoms with E-state index in [1.807, 2.05) is 42.5 Å². The van der Waals surface area contributed by atoms with Crippen molar-refractivity contribution >= 4 is 33.4 Å². The van der Waals surface area contributed by atoms with Gasteiger partial charge in [0.1, 0.15) is 11.5 Å². The van der Waals surface area contributed by atoms with Crippen molar-refractivity contribution in [2.24, 2.45) is 0 Å². The Balaban J connectivity index is 1.54. The molecule has 0 spiro atoms. The van der Waals surface area contributed by atoms with Gasteiger partial charge < -0.3 is 9.42 Å². The zero-order valence-electron chi connectivity index (χ0n) is 14.3. The van der Waals surface area contributed by atoms with Gasteiger partial charge in [0.2, 0.25) is 0 Å². The van der Waals surface area contributed by atoms with Crippen LogP contribution in [0.4, 0.5) is 0 Å². The van der Waals surface area contributed by atoms with Crippen LogP contribution in [0, 0.1) is 0 Å². The van der Waals surface area contributed by atoms with Crippen LogP contribution in [0.25, 0.3) is 11.3 Å². The van der Waals surface area contributed by atoms with E-state index in [-0.39, 0.29) is 5.91 Å². The maximum Gasteiger partial charge on any atom is 0.255 e. The van der Waals surface area contributed by atoms with E-state index in [9.17, 15) is 4.79 Å². The van der Waals surface area contributed by atoms with Gasteiger partial charge in [0.15, 0.2) is 0 Å². The molecule has 0 N–H and O–H groups in total. The third kappa shape index (κ3) is 4.54. The van der Waals surface area contributed by atoms with E-state index in [2.05, 4.69) is 21.1 Å². The highest BCUT2D eigenvalue weighted by Gasteiger charge is 2.15. The molecule has 1 heterocycles. The minimum atomic E-state index is -0.0926. The molecule has 0 atom stereocenters.